The molecular formula is C12H24N2O3. The molecule has 0 aromatic rings. The molecule has 0 saturated carbocycles. The van der Waals surface area contributed by atoms with Gasteiger partial charge in [0.25, 0.3) is 0 Å². The average molecular weight is 244 g/mol. The fraction of sp³-hybridized carbons (Fsp3) is 0.917. The van der Waals surface area contributed by atoms with Crippen LogP contribution in [0.5, 0.6) is 0 Å². The van der Waals surface area contributed by atoms with Crippen molar-refractivity contribution in [3.05, 3.63) is 0 Å². The predicted octanol–water partition coefficient (Wildman–Crippen LogP) is 0.154. The maximum Gasteiger partial charge on any atom is 0.228 e. The van der Waals surface area contributed by atoms with Crippen molar-refractivity contribution in [2.24, 2.45) is 5.41 Å². The Morgan fingerprint density at radius 1 is 1.35 bits per heavy atom. The largest absolute Gasteiger partial charge is 0.384 e. The normalized spacial score (nSPS) is 20.9. The van der Waals surface area contributed by atoms with E-state index < -0.39 is 0 Å². The molecule has 1 atom stereocenters. The molecular weight excluding hydrogens is 220 g/mol. The molecule has 0 aromatic heterocycles. The van der Waals surface area contributed by atoms with E-state index in [9.17, 15) is 4.79 Å². The molecule has 0 bridgehead atoms. The van der Waals surface area contributed by atoms with Gasteiger partial charge in [0.15, 0.2) is 0 Å². The Bertz CT molecular complexity index is 234. The molecule has 0 aliphatic carbocycles. The highest BCUT2D eigenvalue weighted by Crippen LogP contribution is 2.29. The van der Waals surface area contributed by atoms with Gasteiger partial charge in [0.2, 0.25) is 5.91 Å². The van der Waals surface area contributed by atoms with Crippen molar-refractivity contribution in [1.82, 2.24) is 10.6 Å². The molecule has 0 aromatic carbocycles. The molecule has 0 spiro atoms. The molecule has 100 valence electrons. The van der Waals surface area contributed by atoms with Gasteiger partial charge in [0, 0.05) is 20.3 Å². The van der Waals surface area contributed by atoms with E-state index in [-0.39, 0.29) is 17.4 Å². The third kappa shape index (κ3) is 3.94. The molecule has 5 heteroatoms. The summed E-state index contributed by atoms with van der Waals surface area (Å²) in [5.74, 6) is 0.0883. The van der Waals surface area contributed by atoms with E-state index in [2.05, 4.69) is 10.6 Å². The number of amides is 1. The highest BCUT2D eigenvalue weighted by Gasteiger charge is 2.39. The fourth-order valence-electron chi connectivity index (χ4n) is 2.29. The van der Waals surface area contributed by atoms with Crippen molar-refractivity contribution < 1.29 is 14.3 Å². The first-order valence-corrected chi connectivity index (χ1v) is 6.14. The summed E-state index contributed by atoms with van der Waals surface area (Å²) in [6.07, 6.45) is 1.65. The topological polar surface area (TPSA) is 59.6 Å². The van der Waals surface area contributed by atoms with Crippen molar-refractivity contribution in [2.75, 3.05) is 40.5 Å². The Hall–Kier alpha value is -0.650. The molecule has 1 aliphatic rings. The quantitative estimate of drug-likeness (QED) is 0.698. The molecule has 1 unspecified atom stereocenters. The van der Waals surface area contributed by atoms with Gasteiger partial charge in [0.05, 0.1) is 18.6 Å². The van der Waals surface area contributed by atoms with Crippen LogP contribution in [-0.2, 0) is 14.3 Å². The number of hydrogen-bond acceptors (Lipinski definition) is 4. The van der Waals surface area contributed by atoms with Crippen LogP contribution in [0.2, 0.25) is 0 Å². The lowest BCUT2D eigenvalue weighted by Gasteiger charge is -2.36. The minimum absolute atomic E-state index is 0.0381. The number of hydrogen-bond donors (Lipinski definition) is 2. The lowest BCUT2D eigenvalue weighted by atomic mass is 9.78. The van der Waals surface area contributed by atoms with Gasteiger partial charge in [-0.1, -0.05) is 0 Å². The predicted molar refractivity (Wildman–Crippen MR) is 65.9 cm³/mol. The Balaban J connectivity index is 2.59. The fourth-order valence-corrected chi connectivity index (χ4v) is 2.29. The standard InChI is InChI=1S/C12H24N2O3/c1-10(8-16-2)14-11(15)12(9-17-3)4-6-13-7-5-12/h10,13H,4-9H2,1-3H3,(H,14,15). The van der Waals surface area contributed by atoms with Gasteiger partial charge < -0.3 is 20.1 Å². The molecule has 0 radical (unpaired) electrons. The van der Waals surface area contributed by atoms with Gasteiger partial charge >= 0.3 is 0 Å². The van der Waals surface area contributed by atoms with Crippen LogP contribution in [0.4, 0.5) is 0 Å². The summed E-state index contributed by atoms with van der Waals surface area (Å²) in [4.78, 5) is 12.3. The monoisotopic (exact) mass is 244 g/mol. The second-order valence-electron chi connectivity index (χ2n) is 4.79. The first kappa shape index (κ1) is 14.4. The summed E-state index contributed by atoms with van der Waals surface area (Å²) in [6, 6.07) is 0.0381. The van der Waals surface area contributed by atoms with Crippen LogP contribution in [0.3, 0.4) is 0 Å². The van der Waals surface area contributed by atoms with Crippen molar-refractivity contribution in [1.29, 1.82) is 0 Å². The lowest BCUT2D eigenvalue weighted by Crippen LogP contribution is -2.52. The Morgan fingerprint density at radius 2 is 2.00 bits per heavy atom. The second-order valence-corrected chi connectivity index (χ2v) is 4.79. The van der Waals surface area contributed by atoms with Crippen LogP contribution in [0.1, 0.15) is 19.8 Å². The molecule has 1 heterocycles. The van der Waals surface area contributed by atoms with Crippen molar-refractivity contribution in [3.8, 4) is 0 Å². The maximum atomic E-state index is 12.3. The number of carbonyl (C=O) groups excluding carboxylic acids is 1. The number of ether oxygens (including phenoxy) is 2. The van der Waals surface area contributed by atoms with Crippen LogP contribution in [-0.4, -0.2) is 52.5 Å². The van der Waals surface area contributed by atoms with Crippen LogP contribution in [0.15, 0.2) is 0 Å². The minimum Gasteiger partial charge on any atom is -0.384 e. The smallest absolute Gasteiger partial charge is 0.228 e. The molecule has 17 heavy (non-hydrogen) atoms. The van der Waals surface area contributed by atoms with Gasteiger partial charge in [-0.05, 0) is 32.9 Å². The molecule has 1 amide bonds. The summed E-state index contributed by atoms with van der Waals surface area (Å²) < 4.78 is 10.3. The number of carbonyl (C=O) groups is 1. The van der Waals surface area contributed by atoms with E-state index in [0.29, 0.717) is 13.2 Å². The van der Waals surface area contributed by atoms with Gasteiger partial charge in [-0.25, -0.2) is 0 Å². The van der Waals surface area contributed by atoms with Crippen molar-refractivity contribution >= 4 is 5.91 Å². The molecule has 1 saturated heterocycles. The SMILES string of the molecule is COCC(C)NC(=O)C1(COC)CCNCC1. The zero-order chi connectivity index (χ0) is 12.7. The maximum absolute atomic E-state index is 12.3. The number of methoxy groups -OCH3 is 2. The van der Waals surface area contributed by atoms with Crippen LogP contribution in [0.25, 0.3) is 0 Å². The van der Waals surface area contributed by atoms with Crippen molar-refractivity contribution in [2.45, 2.75) is 25.8 Å². The molecule has 5 nitrogen and oxygen atoms in total. The average Bonchev–Trinajstić information content (AvgIpc) is 2.30. The van der Waals surface area contributed by atoms with E-state index in [1.54, 1.807) is 14.2 Å². The van der Waals surface area contributed by atoms with E-state index in [1.807, 2.05) is 6.92 Å². The third-order valence-corrected chi connectivity index (χ3v) is 3.26. The summed E-state index contributed by atoms with van der Waals surface area (Å²) in [7, 11) is 3.29. The summed E-state index contributed by atoms with van der Waals surface area (Å²) in [5.41, 5.74) is -0.373. The van der Waals surface area contributed by atoms with Crippen LogP contribution >= 0.6 is 0 Å². The zero-order valence-corrected chi connectivity index (χ0v) is 11.0. The minimum atomic E-state index is -0.373. The van der Waals surface area contributed by atoms with Gasteiger partial charge in [-0.3, -0.25) is 4.79 Å². The molecule has 2 N–H and O–H groups in total. The summed E-state index contributed by atoms with van der Waals surface area (Å²) in [6.45, 7) is 4.71. The van der Waals surface area contributed by atoms with Gasteiger partial charge in [0.1, 0.15) is 0 Å². The van der Waals surface area contributed by atoms with Crippen molar-refractivity contribution in [3.63, 3.8) is 0 Å². The number of piperidine rings is 1. The van der Waals surface area contributed by atoms with Gasteiger partial charge in [-0.2, -0.15) is 0 Å². The second kappa shape index (κ2) is 6.93. The highest BCUT2D eigenvalue weighted by atomic mass is 16.5. The van der Waals surface area contributed by atoms with E-state index in [4.69, 9.17) is 9.47 Å². The first-order valence-electron chi connectivity index (χ1n) is 6.14. The van der Waals surface area contributed by atoms with E-state index in [0.717, 1.165) is 25.9 Å². The number of nitrogens with one attached hydrogen (secondary N) is 2. The van der Waals surface area contributed by atoms with E-state index >= 15 is 0 Å². The molecule has 1 aliphatic heterocycles. The molecule has 1 fully saturated rings. The van der Waals surface area contributed by atoms with E-state index in [1.165, 1.54) is 0 Å². The Labute approximate surface area is 103 Å². The highest BCUT2D eigenvalue weighted by molar-refractivity contribution is 5.83. The summed E-state index contributed by atoms with van der Waals surface area (Å²) in [5, 5.41) is 6.28. The summed E-state index contributed by atoms with van der Waals surface area (Å²) >= 11 is 0. The van der Waals surface area contributed by atoms with Gasteiger partial charge in [-0.15, -0.1) is 0 Å². The molecule has 1 rings (SSSR count). The Morgan fingerprint density at radius 3 is 2.53 bits per heavy atom. The number of rotatable bonds is 6. The Kier molecular flexibility index (Phi) is 5.88. The zero-order valence-electron chi connectivity index (χ0n) is 11.0. The third-order valence-electron chi connectivity index (χ3n) is 3.26. The first-order chi connectivity index (χ1) is 8.14. The van der Waals surface area contributed by atoms with Crippen LogP contribution in [0, 0.1) is 5.41 Å². The lowest BCUT2D eigenvalue weighted by molar-refractivity contribution is -0.137. The van der Waals surface area contributed by atoms with Crippen LogP contribution < -0.4 is 10.6 Å².